The summed E-state index contributed by atoms with van der Waals surface area (Å²) in [6.45, 7) is 4.07. The molecule has 0 N–H and O–H groups in total. The Morgan fingerprint density at radius 2 is 1.82 bits per heavy atom. The summed E-state index contributed by atoms with van der Waals surface area (Å²) in [5.41, 5.74) is 3.67. The Labute approximate surface area is 196 Å². The fourth-order valence-corrected chi connectivity index (χ4v) is 5.41. The molecule has 0 spiro atoms. The Hall–Kier alpha value is -3.09. The van der Waals surface area contributed by atoms with E-state index in [4.69, 9.17) is 12.3 Å². The molecule has 4 aliphatic heterocycles. The van der Waals surface area contributed by atoms with Crippen molar-refractivity contribution in [2.45, 2.75) is 32.1 Å². The Morgan fingerprint density at radius 1 is 0.939 bits per heavy atom. The maximum Gasteiger partial charge on any atom is 0.250 e. The van der Waals surface area contributed by atoms with Crippen LogP contribution in [0.2, 0.25) is 0 Å². The van der Waals surface area contributed by atoms with Gasteiger partial charge in [0.25, 0.3) is 0 Å². The monoisotopic (exact) mass is 437 g/mol. The van der Waals surface area contributed by atoms with Crippen LogP contribution in [0.1, 0.15) is 32.1 Å². The van der Waals surface area contributed by atoms with Gasteiger partial charge in [-0.25, -0.2) is 4.98 Å². The zero-order valence-electron chi connectivity index (χ0n) is 18.9. The summed E-state index contributed by atoms with van der Waals surface area (Å²) in [7, 11) is 6.17. The van der Waals surface area contributed by atoms with Crippen molar-refractivity contribution >= 4 is 24.8 Å². The summed E-state index contributed by atoms with van der Waals surface area (Å²) in [6, 6.07) is 9.96. The first-order valence-corrected chi connectivity index (χ1v) is 12.1. The van der Waals surface area contributed by atoms with Crippen molar-refractivity contribution in [3.8, 4) is 22.9 Å². The van der Waals surface area contributed by atoms with Gasteiger partial charge in [0.1, 0.15) is 13.7 Å². The third-order valence-electron chi connectivity index (χ3n) is 7.28. The van der Waals surface area contributed by atoms with E-state index < -0.39 is 0 Å². The molecule has 7 rings (SSSR count). The SMILES string of the molecule is [B]c1ccc2c(c1)N1CCC(C/C=C\C3CCCN(C3)c3cc(ccn3)-c3nnc-2o3)CC1. The maximum absolute atomic E-state index is 6.20. The van der Waals surface area contributed by atoms with Gasteiger partial charge in [0.15, 0.2) is 0 Å². The van der Waals surface area contributed by atoms with Crippen LogP contribution in [-0.4, -0.2) is 49.2 Å². The first-order chi connectivity index (χ1) is 16.2. The molecule has 1 aromatic carbocycles. The Kier molecular flexibility index (Phi) is 5.40. The molecule has 7 heteroatoms. The second kappa shape index (κ2) is 8.69. The molecule has 3 aromatic rings. The molecule has 33 heavy (non-hydrogen) atoms. The molecule has 0 aliphatic carbocycles. The lowest BCUT2D eigenvalue weighted by Crippen LogP contribution is -2.35. The highest BCUT2D eigenvalue weighted by Crippen LogP contribution is 2.35. The number of hydrogen-bond donors (Lipinski definition) is 0. The van der Waals surface area contributed by atoms with E-state index in [0.29, 0.717) is 17.7 Å². The van der Waals surface area contributed by atoms with Gasteiger partial charge in [-0.2, -0.15) is 0 Å². The number of allylic oxidation sites excluding steroid dienone is 1. The number of piperidine rings is 2. The van der Waals surface area contributed by atoms with E-state index >= 15 is 0 Å². The van der Waals surface area contributed by atoms with Gasteiger partial charge in [0, 0.05) is 43.6 Å². The predicted octanol–water partition coefficient (Wildman–Crippen LogP) is 3.99. The van der Waals surface area contributed by atoms with Gasteiger partial charge >= 0.3 is 0 Å². The van der Waals surface area contributed by atoms with Crippen molar-refractivity contribution in [2.75, 3.05) is 36.0 Å². The standard InChI is InChI=1S/C26H28BN5O/c27-21-6-7-22-23(16-21)31-13-9-18(10-14-31)3-1-4-19-5-2-12-32(17-19)24-15-20(8-11-28-24)25-29-30-26(22)33-25/h1,4,6-8,11,15-16,18-19H,2-3,5,9-10,12-14,17H2/b4-1-. The maximum atomic E-state index is 6.20. The van der Waals surface area contributed by atoms with E-state index in [2.05, 4.69) is 43.2 Å². The molecule has 2 saturated heterocycles. The number of nitrogens with zero attached hydrogens (tertiary/aromatic N) is 5. The summed E-state index contributed by atoms with van der Waals surface area (Å²) >= 11 is 0. The highest BCUT2D eigenvalue weighted by atomic mass is 16.4. The van der Waals surface area contributed by atoms with Gasteiger partial charge < -0.3 is 14.2 Å². The van der Waals surface area contributed by atoms with E-state index in [9.17, 15) is 0 Å². The van der Waals surface area contributed by atoms with Crippen LogP contribution < -0.4 is 15.3 Å². The average molecular weight is 437 g/mol. The summed E-state index contributed by atoms with van der Waals surface area (Å²) in [5, 5.41) is 8.80. The zero-order valence-corrected chi connectivity index (χ0v) is 18.9. The summed E-state index contributed by atoms with van der Waals surface area (Å²) in [4.78, 5) is 9.46. The van der Waals surface area contributed by atoms with E-state index in [1.165, 1.54) is 25.7 Å². The number of hydrogen-bond acceptors (Lipinski definition) is 6. The molecule has 2 radical (unpaired) electrons. The van der Waals surface area contributed by atoms with Crippen LogP contribution in [0.5, 0.6) is 0 Å². The first-order valence-electron chi connectivity index (χ1n) is 12.1. The minimum absolute atomic E-state index is 0.518. The molecule has 0 amide bonds. The van der Waals surface area contributed by atoms with Gasteiger partial charge in [-0.3, -0.25) is 0 Å². The van der Waals surface area contributed by atoms with E-state index in [0.717, 1.165) is 66.6 Å². The molecule has 166 valence electrons. The second-order valence-electron chi connectivity index (χ2n) is 9.53. The average Bonchev–Trinajstić information content (AvgIpc) is 3.34. The highest BCUT2D eigenvalue weighted by molar-refractivity contribution is 6.32. The van der Waals surface area contributed by atoms with Crippen molar-refractivity contribution in [3.63, 3.8) is 0 Å². The number of aromatic nitrogens is 3. The molecule has 1 unspecified atom stereocenters. The van der Waals surface area contributed by atoms with Crippen LogP contribution in [0.3, 0.4) is 0 Å². The third-order valence-corrected chi connectivity index (χ3v) is 7.28. The van der Waals surface area contributed by atoms with E-state index in [1.807, 2.05) is 30.5 Å². The van der Waals surface area contributed by atoms with Gasteiger partial charge in [0.05, 0.1) is 5.56 Å². The van der Waals surface area contributed by atoms with E-state index in [-0.39, 0.29) is 0 Å². The minimum atomic E-state index is 0.518. The quantitative estimate of drug-likeness (QED) is 0.392. The number of benzene rings is 1. The molecule has 2 aromatic heterocycles. The molecule has 0 saturated carbocycles. The smallest absolute Gasteiger partial charge is 0.250 e. The predicted molar refractivity (Wildman–Crippen MR) is 132 cm³/mol. The zero-order chi connectivity index (χ0) is 22.2. The lowest BCUT2D eigenvalue weighted by Gasteiger charge is -2.34. The summed E-state index contributed by atoms with van der Waals surface area (Å²) < 4.78 is 6.20. The molecule has 8 bridgehead atoms. The molecular formula is C26H28BN5O. The molecular weight excluding hydrogens is 409 g/mol. The van der Waals surface area contributed by atoms with E-state index in [1.54, 1.807) is 0 Å². The van der Waals surface area contributed by atoms with Gasteiger partial charge in [-0.1, -0.05) is 23.7 Å². The van der Waals surface area contributed by atoms with Crippen molar-refractivity contribution in [1.29, 1.82) is 0 Å². The first kappa shape index (κ1) is 20.5. The van der Waals surface area contributed by atoms with Crippen molar-refractivity contribution < 1.29 is 4.42 Å². The Bertz CT molecular complexity index is 1170. The van der Waals surface area contributed by atoms with Gasteiger partial charge in [0.2, 0.25) is 11.8 Å². The topological polar surface area (TPSA) is 58.3 Å². The lowest BCUT2D eigenvalue weighted by molar-refractivity contribution is 0.407. The van der Waals surface area contributed by atoms with Crippen LogP contribution in [-0.2, 0) is 0 Å². The number of rotatable bonds is 0. The van der Waals surface area contributed by atoms with Crippen molar-refractivity contribution in [3.05, 3.63) is 48.7 Å². The fraction of sp³-hybridized carbons (Fsp3) is 0.423. The van der Waals surface area contributed by atoms with Crippen LogP contribution in [0.4, 0.5) is 11.5 Å². The Morgan fingerprint density at radius 3 is 2.73 bits per heavy atom. The van der Waals surface area contributed by atoms with Crippen LogP contribution >= 0.6 is 0 Å². The van der Waals surface area contributed by atoms with Gasteiger partial charge in [-0.15, -0.1) is 10.2 Å². The largest absolute Gasteiger partial charge is 0.416 e. The highest BCUT2D eigenvalue weighted by Gasteiger charge is 2.24. The Balaban J connectivity index is 1.42. The lowest BCUT2D eigenvalue weighted by atomic mass is 9.90. The normalized spacial score (nSPS) is 23.5. The molecule has 2 fully saturated rings. The molecule has 6 heterocycles. The van der Waals surface area contributed by atoms with Crippen LogP contribution in [0.15, 0.2) is 53.1 Å². The van der Waals surface area contributed by atoms with Crippen LogP contribution in [0, 0.1) is 11.8 Å². The van der Waals surface area contributed by atoms with Crippen molar-refractivity contribution in [2.24, 2.45) is 11.8 Å². The number of pyridine rings is 1. The summed E-state index contributed by atoms with van der Waals surface area (Å²) in [6.07, 6.45) is 12.7. The fourth-order valence-electron chi connectivity index (χ4n) is 5.41. The molecule has 4 aliphatic rings. The molecule has 1 atom stereocenters. The van der Waals surface area contributed by atoms with Gasteiger partial charge in [-0.05, 0) is 68.2 Å². The number of fused-ring (bicyclic) bond motifs is 3. The second-order valence-corrected chi connectivity index (χ2v) is 9.53. The van der Waals surface area contributed by atoms with Crippen molar-refractivity contribution in [1.82, 2.24) is 15.2 Å². The summed E-state index contributed by atoms with van der Waals surface area (Å²) in [5.74, 6) is 3.33. The molecule has 6 nitrogen and oxygen atoms in total. The number of anilines is 2. The third kappa shape index (κ3) is 4.17. The van der Waals surface area contributed by atoms with Crippen LogP contribution in [0.25, 0.3) is 22.9 Å². The minimum Gasteiger partial charge on any atom is -0.416 e.